The summed E-state index contributed by atoms with van der Waals surface area (Å²) >= 11 is 0. The fourth-order valence-corrected chi connectivity index (χ4v) is 1.40. The van der Waals surface area contributed by atoms with Gasteiger partial charge in [-0.2, -0.15) is 0 Å². The number of ether oxygens (including phenoxy) is 2. The molecule has 2 N–H and O–H groups in total. The number of carbonyl (C=O) groups excluding carboxylic acids is 1. The van der Waals surface area contributed by atoms with Gasteiger partial charge in [-0.3, -0.25) is 4.79 Å². The van der Waals surface area contributed by atoms with Crippen LogP contribution in [0.5, 0.6) is 11.5 Å². The molecule has 0 heterocycles. The molecule has 1 atom stereocenters. The summed E-state index contributed by atoms with van der Waals surface area (Å²) in [6.07, 6.45) is 0.901. The molecule has 0 aliphatic heterocycles. The van der Waals surface area contributed by atoms with Crippen molar-refractivity contribution in [1.82, 2.24) is 5.32 Å². The number of nitrogens with one attached hydrogen (secondary N) is 1. The monoisotopic (exact) mass is 299 g/mol. The first-order chi connectivity index (χ1) is 10.1. The zero-order valence-electron chi connectivity index (χ0n) is 11.7. The van der Waals surface area contributed by atoms with E-state index < -0.39 is 24.6 Å². The lowest BCUT2D eigenvalue weighted by molar-refractivity contribution is -0.142. The maximum atomic E-state index is 12.3. The number of carboxylic acid groups (broad SMARTS) is 1. The van der Waals surface area contributed by atoms with Crippen LogP contribution in [0, 0.1) is 0 Å². The lowest BCUT2D eigenvalue weighted by Crippen LogP contribution is -2.44. The quantitative estimate of drug-likeness (QED) is 0.720. The molecule has 1 aromatic rings. The van der Waals surface area contributed by atoms with Crippen LogP contribution in [0.2, 0.25) is 0 Å². The van der Waals surface area contributed by atoms with Gasteiger partial charge >= 0.3 is 5.97 Å². The molecule has 0 radical (unpaired) electrons. The third-order valence-electron chi connectivity index (χ3n) is 2.45. The number of halogens is 1. The lowest BCUT2D eigenvalue weighted by Gasteiger charge is -2.11. The fraction of sp³-hybridized carbons (Fsp3) is 0.429. The molecule has 0 aliphatic rings. The molecular weight excluding hydrogens is 281 g/mol. The number of hydrogen-bond donors (Lipinski definition) is 2. The molecule has 21 heavy (non-hydrogen) atoms. The van der Waals surface area contributed by atoms with E-state index in [9.17, 15) is 14.0 Å². The van der Waals surface area contributed by atoms with E-state index in [1.165, 1.54) is 0 Å². The maximum Gasteiger partial charge on any atom is 0.328 e. The minimum atomic E-state index is -1.55. The summed E-state index contributed by atoms with van der Waals surface area (Å²) in [4.78, 5) is 22.0. The topological polar surface area (TPSA) is 84.9 Å². The Labute approximate surface area is 121 Å². The predicted molar refractivity (Wildman–Crippen MR) is 73.3 cm³/mol. The second kappa shape index (κ2) is 8.78. The van der Waals surface area contributed by atoms with Crippen molar-refractivity contribution in [3.8, 4) is 11.5 Å². The average Bonchev–Trinajstić information content (AvgIpc) is 2.49. The Morgan fingerprint density at radius 2 is 1.81 bits per heavy atom. The molecule has 1 unspecified atom stereocenters. The third-order valence-corrected chi connectivity index (χ3v) is 2.45. The highest BCUT2D eigenvalue weighted by molar-refractivity contribution is 5.84. The number of benzene rings is 1. The van der Waals surface area contributed by atoms with Crippen LogP contribution < -0.4 is 14.8 Å². The molecule has 0 aromatic heterocycles. The van der Waals surface area contributed by atoms with Crippen molar-refractivity contribution in [2.24, 2.45) is 0 Å². The van der Waals surface area contributed by atoms with Crippen LogP contribution in [0.25, 0.3) is 0 Å². The number of rotatable bonds is 9. The summed E-state index contributed by atoms with van der Waals surface area (Å²) in [5.41, 5.74) is 0. The molecule has 0 spiro atoms. The molecular formula is C14H18FNO5. The van der Waals surface area contributed by atoms with E-state index in [1.807, 2.05) is 12.2 Å². The van der Waals surface area contributed by atoms with Gasteiger partial charge in [-0.05, 0) is 30.7 Å². The van der Waals surface area contributed by atoms with Gasteiger partial charge in [0.1, 0.15) is 18.2 Å². The number of hydrogen-bond acceptors (Lipinski definition) is 4. The van der Waals surface area contributed by atoms with Gasteiger partial charge in [0.25, 0.3) is 5.91 Å². The van der Waals surface area contributed by atoms with Crippen molar-refractivity contribution in [2.75, 3.05) is 19.9 Å². The predicted octanol–water partition coefficient (Wildman–Crippen LogP) is 1.39. The Bertz CT molecular complexity index is 463. The van der Waals surface area contributed by atoms with Gasteiger partial charge in [-0.25, -0.2) is 9.18 Å². The van der Waals surface area contributed by atoms with Crippen molar-refractivity contribution in [2.45, 2.75) is 19.4 Å². The SMILES string of the molecule is CCCOc1ccc(OCC(=O)NC(CF)C(=O)O)cc1. The average molecular weight is 299 g/mol. The van der Waals surface area contributed by atoms with Gasteiger partial charge in [-0.1, -0.05) is 6.92 Å². The maximum absolute atomic E-state index is 12.3. The Kier molecular flexibility index (Phi) is 7.00. The number of carbonyl (C=O) groups is 2. The zero-order chi connectivity index (χ0) is 15.7. The molecule has 116 valence electrons. The molecule has 0 saturated carbocycles. The fourth-order valence-electron chi connectivity index (χ4n) is 1.40. The van der Waals surface area contributed by atoms with Crippen LogP contribution in [-0.4, -0.2) is 42.9 Å². The minimum Gasteiger partial charge on any atom is -0.494 e. The van der Waals surface area contributed by atoms with E-state index in [2.05, 4.69) is 0 Å². The molecule has 0 saturated heterocycles. The molecule has 6 nitrogen and oxygen atoms in total. The Morgan fingerprint density at radius 1 is 1.24 bits per heavy atom. The van der Waals surface area contributed by atoms with Crippen molar-refractivity contribution in [3.63, 3.8) is 0 Å². The number of carboxylic acids is 1. The third kappa shape index (κ3) is 6.11. The zero-order valence-corrected chi connectivity index (χ0v) is 11.7. The highest BCUT2D eigenvalue weighted by Gasteiger charge is 2.19. The van der Waals surface area contributed by atoms with Crippen LogP contribution in [0.15, 0.2) is 24.3 Å². The van der Waals surface area contributed by atoms with E-state index in [4.69, 9.17) is 14.6 Å². The lowest BCUT2D eigenvalue weighted by atomic mass is 10.3. The second-order valence-corrected chi connectivity index (χ2v) is 4.22. The summed E-state index contributed by atoms with van der Waals surface area (Å²) in [7, 11) is 0. The Balaban J connectivity index is 2.40. The standard InChI is InChI=1S/C14H18FNO5/c1-2-7-20-10-3-5-11(6-4-10)21-9-13(17)16-12(8-15)14(18)19/h3-6,12H,2,7-9H2,1H3,(H,16,17)(H,18,19). The highest BCUT2D eigenvalue weighted by atomic mass is 19.1. The summed E-state index contributed by atoms with van der Waals surface area (Å²) in [6, 6.07) is 5.10. The molecule has 7 heteroatoms. The Hall–Kier alpha value is -2.31. The van der Waals surface area contributed by atoms with Gasteiger partial charge < -0.3 is 19.9 Å². The number of amides is 1. The van der Waals surface area contributed by atoms with Gasteiger partial charge in [0.05, 0.1) is 6.61 Å². The first-order valence-electron chi connectivity index (χ1n) is 6.50. The number of aliphatic carboxylic acids is 1. The van der Waals surface area contributed by atoms with Crippen LogP contribution >= 0.6 is 0 Å². The molecule has 0 aliphatic carbocycles. The van der Waals surface area contributed by atoms with Crippen LogP contribution in [0.3, 0.4) is 0 Å². The van der Waals surface area contributed by atoms with Gasteiger partial charge in [0.15, 0.2) is 12.6 Å². The van der Waals surface area contributed by atoms with Gasteiger partial charge in [0, 0.05) is 0 Å². The van der Waals surface area contributed by atoms with Crippen LogP contribution in [0.4, 0.5) is 4.39 Å². The van der Waals surface area contributed by atoms with E-state index in [0.717, 1.165) is 6.42 Å². The largest absolute Gasteiger partial charge is 0.494 e. The van der Waals surface area contributed by atoms with E-state index >= 15 is 0 Å². The van der Waals surface area contributed by atoms with Crippen molar-refractivity contribution >= 4 is 11.9 Å². The van der Waals surface area contributed by atoms with E-state index in [0.29, 0.717) is 18.1 Å². The van der Waals surface area contributed by atoms with Gasteiger partial charge in [0.2, 0.25) is 0 Å². The molecule has 1 rings (SSSR count). The summed E-state index contributed by atoms with van der Waals surface area (Å²) < 4.78 is 22.9. The van der Waals surface area contributed by atoms with E-state index in [-0.39, 0.29) is 6.61 Å². The van der Waals surface area contributed by atoms with Gasteiger partial charge in [-0.15, -0.1) is 0 Å². The van der Waals surface area contributed by atoms with E-state index in [1.54, 1.807) is 24.3 Å². The first kappa shape index (κ1) is 16.7. The molecule has 0 fully saturated rings. The summed E-state index contributed by atoms with van der Waals surface area (Å²) in [5.74, 6) is -1.01. The number of alkyl halides is 1. The summed E-state index contributed by atoms with van der Waals surface area (Å²) in [5, 5.41) is 10.6. The van der Waals surface area contributed by atoms with Crippen LogP contribution in [-0.2, 0) is 9.59 Å². The van der Waals surface area contributed by atoms with Crippen molar-refractivity contribution < 1.29 is 28.6 Å². The molecule has 1 aromatic carbocycles. The van der Waals surface area contributed by atoms with Crippen molar-refractivity contribution in [3.05, 3.63) is 24.3 Å². The normalized spacial score (nSPS) is 11.5. The smallest absolute Gasteiger partial charge is 0.328 e. The van der Waals surface area contributed by atoms with Crippen LogP contribution in [0.1, 0.15) is 13.3 Å². The molecule has 0 bridgehead atoms. The Morgan fingerprint density at radius 3 is 2.29 bits per heavy atom. The minimum absolute atomic E-state index is 0.390. The molecule has 1 amide bonds. The summed E-state index contributed by atoms with van der Waals surface area (Å²) in [6.45, 7) is 1.05. The highest BCUT2D eigenvalue weighted by Crippen LogP contribution is 2.17. The van der Waals surface area contributed by atoms with Crippen molar-refractivity contribution in [1.29, 1.82) is 0 Å². The second-order valence-electron chi connectivity index (χ2n) is 4.22. The first-order valence-corrected chi connectivity index (χ1v) is 6.50.